The molecule has 0 N–H and O–H groups in total. The molecule has 128 valence electrons. The first-order valence-electron chi connectivity index (χ1n) is 7.92. The third-order valence-electron chi connectivity index (χ3n) is 4.18. The molecule has 0 saturated heterocycles. The maximum absolute atomic E-state index is 12.8. The van der Waals surface area contributed by atoms with Crippen LogP contribution in [-0.2, 0) is 7.05 Å². The smallest absolute Gasteiger partial charge is 0.364 e. The summed E-state index contributed by atoms with van der Waals surface area (Å²) in [5.74, 6) is -0.221. The van der Waals surface area contributed by atoms with Crippen LogP contribution in [-0.4, -0.2) is 15.7 Å². The number of rotatable bonds is 2. The quantitative estimate of drug-likeness (QED) is 0.370. The van der Waals surface area contributed by atoms with Crippen LogP contribution in [0.5, 0.6) is 5.75 Å². The van der Waals surface area contributed by atoms with E-state index in [2.05, 4.69) is 21.0 Å². The van der Waals surface area contributed by atoms with Crippen LogP contribution in [0.25, 0.3) is 21.5 Å². The van der Waals surface area contributed by atoms with Crippen LogP contribution in [0.15, 0.2) is 69.9 Å². The number of aryl methyl sites for hydroxylation is 1. The molecule has 3 aromatic carbocycles. The van der Waals surface area contributed by atoms with Crippen LogP contribution in [0.1, 0.15) is 10.5 Å². The summed E-state index contributed by atoms with van der Waals surface area (Å²) in [6.45, 7) is 0. The van der Waals surface area contributed by atoms with Gasteiger partial charge in [-0.1, -0.05) is 48.5 Å². The Morgan fingerprint density at radius 1 is 0.962 bits per heavy atom. The van der Waals surface area contributed by atoms with Gasteiger partial charge in [-0.05, 0) is 38.8 Å². The summed E-state index contributed by atoms with van der Waals surface area (Å²) in [6, 6.07) is 18.3. The van der Waals surface area contributed by atoms with Crippen LogP contribution in [0.2, 0.25) is 0 Å². The summed E-state index contributed by atoms with van der Waals surface area (Å²) >= 11 is 3.51. The predicted molar refractivity (Wildman–Crippen MR) is 104 cm³/mol. The molecule has 6 heteroatoms. The van der Waals surface area contributed by atoms with Crippen molar-refractivity contribution in [3.8, 4) is 5.75 Å². The van der Waals surface area contributed by atoms with Gasteiger partial charge in [0.15, 0.2) is 5.69 Å². The van der Waals surface area contributed by atoms with Crippen molar-refractivity contribution >= 4 is 43.4 Å². The minimum atomic E-state index is -0.618. The SMILES string of the molecule is Cn1nc(C(=O)Oc2ccc3ccccc3c2Br)c2ccccc2c1=O. The highest BCUT2D eigenvalue weighted by molar-refractivity contribution is 9.10. The van der Waals surface area contributed by atoms with E-state index in [0.29, 0.717) is 21.0 Å². The second kappa shape index (κ2) is 6.38. The van der Waals surface area contributed by atoms with E-state index in [4.69, 9.17) is 4.74 Å². The number of esters is 1. The molecule has 0 aliphatic rings. The lowest BCUT2D eigenvalue weighted by Gasteiger charge is -2.10. The minimum Gasteiger partial charge on any atom is -0.421 e. The number of fused-ring (bicyclic) bond motifs is 2. The number of halogens is 1. The molecule has 0 atom stereocenters. The average molecular weight is 409 g/mol. The number of carbonyl (C=O) groups is 1. The van der Waals surface area contributed by atoms with E-state index < -0.39 is 5.97 Å². The van der Waals surface area contributed by atoms with E-state index in [0.717, 1.165) is 15.5 Å². The predicted octanol–water partition coefficient (Wildman–Crippen LogP) is 4.07. The number of hydrogen-bond acceptors (Lipinski definition) is 4. The summed E-state index contributed by atoms with van der Waals surface area (Å²) in [4.78, 5) is 25.0. The zero-order valence-corrected chi connectivity index (χ0v) is 15.4. The molecule has 0 saturated carbocycles. The van der Waals surface area contributed by atoms with E-state index in [1.165, 1.54) is 7.05 Å². The molecule has 0 fully saturated rings. The first-order chi connectivity index (χ1) is 12.6. The Morgan fingerprint density at radius 2 is 1.62 bits per heavy atom. The van der Waals surface area contributed by atoms with Gasteiger partial charge in [0.05, 0.1) is 9.86 Å². The molecule has 0 unspecified atom stereocenters. The van der Waals surface area contributed by atoms with E-state index >= 15 is 0 Å². The van der Waals surface area contributed by atoms with Crippen molar-refractivity contribution in [1.82, 2.24) is 9.78 Å². The number of hydrogen-bond donors (Lipinski definition) is 0. The highest BCUT2D eigenvalue weighted by Crippen LogP contribution is 2.33. The fraction of sp³-hybridized carbons (Fsp3) is 0.0500. The van der Waals surface area contributed by atoms with E-state index in [9.17, 15) is 9.59 Å². The molecule has 0 spiro atoms. The van der Waals surface area contributed by atoms with Crippen molar-refractivity contribution in [2.24, 2.45) is 7.05 Å². The fourth-order valence-corrected chi connectivity index (χ4v) is 3.47. The van der Waals surface area contributed by atoms with Crippen molar-refractivity contribution in [2.75, 3.05) is 0 Å². The van der Waals surface area contributed by atoms with Gasteiger partial charge in [-0.3, -0.25) is 4.79 Å². The highest BCUT2D eigenvalue weighted by Gasteiger charge is 2.19. The zero-order valence-electron chi connectivity index (χ0n) is 13.8. The number of nitrogens with zero attached hydrogens (tertiary/aromatic N) is 2. The van der Waals surface area contributed by atoms with Gasteiger partial charge >= 0.3 is 5.97 Å². The normalized spacial score (nSPS) is 11.0. The van der Waals surface area contributed by atoms with Crippen LogP contribution in [0, 0.1) is 0 Å². The lowest BCUT2D eigenvalue weighted by Crippen LogP contribution is -2.24. The second-order valence-corrected chi connectivity index (χ2v) is 6.60. The van der Waals surface area contributed by atoms with E-state index in [1.54, 1.807) is 30.3 Å². The fourth-order valence-electron chi connectivity index (χ4n) is 2.89. The van der Waals surface area contributed by atoms with Crippen molar-refractivity contribution in [3.05, 3.63) is 81.2 Å². The molecule has 0 aliphatic heterocycles. The molecule has 0 bridgehead atoms. The molecule has 1 heterocycles. The Balaban J connectivity index is 1.81. The van der Waals surface area contributed by atoms with Gasteiger partial charge in [0.2, 0.25) is 0 Å². The molecule has 0 radical (unpaired) electrons. The Kier molecular flexibility index (Phi) is 4.05. The van der Waals surface area contributed by atoms with Crippen LogP contribution in [0.4, 0.5) is 0 Å². The van der Waals surface area contributed by atoms with Gasteiger partial charge in [0, 0.05) is 12.4 Å². The monoisotopic (exact) mass is 408 g/mol. The van der Waals surface area contributed by atoms with Gasteiger partial charge in [0.25, 0.3) is 5.56 Å². The first-order valence-corrected chi connectivity index (χ1v) is 8.71. The molecular formula is C20H13BrN2O3. The number of ether oxygens (including phenoxy) is 1. The summed E-state index contributed by atoms with van der Waals surface area (Å²) in [6.07, 6.45) is 0. The van der Waals surface area contributed by atoms with Crippen LogP contribution in [0.3, 0.4) is 0 Å². The zero-order chi connectivity index (χ0) is 18.3. The van der Waals surface area contributed by atoms with Crippen molar-refractivity contribution in [2.45, 2.75) is 0 Å². The third kappa shape index (κ3) is 2.68. The average Bonchev–Trinajstić information content (AvgIpc) is 2.67. The van der Waals surface area contributed by atoms with Crippen molar-refractivity contribution in [3.63, 3.8) is 0 Å². The van der Waals surface area contributed by atoms with Gasteiger partial charge in [-0.15, -0.1) is 0 Å². The lowest BCUT2D eigenvalue weighted by atomic mass is 10.1. The van der Waals surface area contributed by atoms with Crippen LogP contribution >= 0.6 is 15.9 Å². The second-order valence-electron chi connectivity index (χ2n) is 5.81. The molecule has 1 aromatic heterocycles. The Labute approximate surface area is 157 Å². The molecule has 0 amide bonds. The van der Waals surface area contributed by atoms with Gasteiger partial charge in [-0.25, -0.2) is 9.48 Å². The number of benzene rings is 3. The van der Waals surface area contributed by atoms with Crippen molar-refractivity contribution in [1.29, 1.82) is 0 Å². The standard InChI is InChI=1S/C20H13BrN2O3/c1-23-19(24)15-9-5-4-8-14(15)18(22-23)20(25)26-16-11-10-12-6-2-3-7-13(12)17(16)21/h2-11H,1H3. The molecule has 4 aromatic rings. The first kappa shape index (κ1) is 16.5. The maximum atomic E-state index is 12.8. The van der Waals surface area contributed by atoms with E-state index in [1.807, 2.05) is 30.3 Å². The third-order valence-corrected chi connectivity index (χ3v) is 5.00. The summed E-state index contributed by atoms with van der Waals surface area (Å²) in [5.41, 5.74) is -0.160. The Hall–Kier alpha value is -2.99. The van der Waals surface area contributed by atoms with E-state index in [-0.39, 0.29) is 11.3 Å². The van der Waals surface area contributed by atoms with Crippen LogP contribution < -0.4 is 10.3 Å². The number of carbonyl (C=O) groups excluding carboxylic acids is 1. The largest absolute Gasteiger partial charge is 0.421 e. The summed E-state index contributed by atoms with van der Waals surface area (Å²) in [5, 5.41) is 6.97. The topological polar surface area (TPSA) is 61.2 Å². The molecule has 0 aliphatic carbocycles. The van der Waals surface area contributed by atoms with Gasteiger partial charge < -0.3 is 4.74 Å². The number of aromatic nitrogens is 2. The molecule has 5 nitrogen and oxygen atoms in total. The van der Waals surface area contributed by atoms with Gasteiger partial charge in [-0.2, -0.15) is 5.10 Å². The molecular weight excluding hydrogens is 396 g/mol. The summed E-state index contributed by atoms with van der Waals surface area (Å²) in [7, 11) is 1.51. The lowest BCUT2D eigenvalue weighted by molar-refractivity contribution is 0.0727. The maximum Gasteiger partial charge on any atom is 0.364 e. The Morgan fingerprint density at radius 3 is 2.38 bits per heavy atom. The highest BCUT2D eigenvalue weighted by atomic mass is 79.9. The van der Waals surface area contributed by atoms with Gasteiger partial charge in [0.1, 0.15) is 5.75 Å². The molecule has 26 heavy (non-hydrogen) atoms. The summed E-state index contributed by atoms with van der Waals surface area (Å²) < 4.78 is 7.42. The Bertz CT molecular complexity index is 1230. The van der Waals surface area contributed by atoms with Crippen molar-refractivity contribution < 1.29 is 9.53 Å². The molecule has 4 rings (SSSR count). The minimum absolute atomic E-state index is 0.0998.